The largest absolute Gasteiger partial charge is 0.496 e. The van der Waals surface area contributed by atoms with Crippen LogP contribution in [0, 0.1) is 0 Å². The van der Waals surface area contributed by atoms with Gasteiger partial charge >= 0.3 is 0 Å². The lowest BCUT2D eigenvalue weighted by atomic mass is 10.0. The summed E-state index contributed by atoms with van der Waals surface area (Å²) in [7, 11) is 1.72. The van der Waals surface area contributed by atoms with Crippen molar-refractivity contribution < 1.29 is 9.53 Å². The number of methoxy groups -OCH3 is 1. The van der Waals surface area contributed by atoms with Gasteiger partial charge in [-0.1, -0.05) is 31.0 Å². The van der Waals surface area contributed by atoms with E-state index in [1.165, 1.54) is 24.8 Å². The van der Waals surface area contributed by atoms with E-state index in [-0.39, 0.29) is 5.91 Å². The van der Waals surface area contributed by atoms with E-state index in [1.54, 1.807) is 7.11 Å². The Hall–Kier alpha value is -1.55. The van der Waals surface area contributed by atoms with Crippen LogP contribution >= 0.6 is 0 Å². The molecule has 1 aromatic rings. The molecule has 23 heavy (non-hydrogen) atoms. The summed E-state index contributed by atoms with van der Waals surface area (Å²) in [6.07, 6.45) is 8.11. The van der Waals surface area contributed by atoms with Crippen molar-refractivity contribution in [3.63, 3.8) is 0 Å². The lowest BCUT2D eigenvalue weighted by molar-refractivity contribution is -0.123. The van der Waals surface area contributed by atoms with Crippen molar-refractivity contribution in [3.05, 3.63) is 29.8 Å². The third-order valence-electron chi connectivity index (χ3n) is 5.21. The van der Waals surface area contributed by atoms with E-state index in [0.29, 0.717) is 18.6 Å². The zero-order valence-electron chi connectivity index (χ0n) is 14.1. The lowest BCUT2D eigenvalue weighted by Crippen LogP contribution is -2.43. The highest BCUT2D eigenvalue weighted by Crippen LogP contribution is 2.26. The summed E-state index contributed by atoms with van der Waals surface area (Å²) in [5.41, 5.74) is 1.24. The first-order valence-corrected chi connectivity index (χ1v) is 8.91. The first-order valence-electron chi connectivity index (χ1n) is 8.91. The van der Waals surface area contributed by atoms with Gasteiger partial charge in [-0.05, 0) is 50.3 Å². The van der Waals surface area contributed by atoms with Crippen LogP contribution in [0.4, 0.5) is 0 Å². The average Bonchev–Trinajstić information content (AvgIpc) is 3.20. The summed E-state index contributed by atoms with van der Waals surface area (Å²) >= 11 is 0. The Bertz CT molecular complexity index is 526. The van der Waals surface area contributed by atoms with Gasteiger partial charge in [0.05, 0.1) is 13.7 Å². The van der Waals surface area contributed by atoms with E-state index in [9.17, 15) is 4.79 Å². The molecule has 126 valence electrons. The zero-order valence-corrected chi connectivity index (χ0v) is 14.1. The molecular formula is C19H28N2O2. The van der Waals surface area contributed by atoms with Crippen LogP contribution in [0.3, 0.4) is 0 Å². The first-order chi connectivity index (χ1) is 11.3. The molecule has 1 saturated carbocycles. The van der Waals surface area contributed by atoms with Crippen molar-refractivity contribution in [2.75, 3.05) is 20.2 Å². The summed E-state index contributed by atoms with van der Waals surface area (Å²) in [6.45, 7) is 1.56. The Morgan fingerprint density at radius 2 is 2.00 bits per heavy atom. The molecule has 0 radical (unpaired) electrons. The fourth-order valence-electron chi connectivity index (χ4n) is 3.99. The molecular weight excluding hydrogens is 288 g/mol. The van der Waals surface area contributed by atoms with Crippen molar-refractivity contribution in [2.24, 2.45) is 0 Å². The molecule has 4 nitrogen and oxygen atoms in total. The normalized spacial score (nSPS) is 22.4. The predicted molar refractivity (Wildman–Crippen MR) is 91.7 cm³/mol. The quantitative estimate of drug-likeness (QED) is 0.877. The minimum absolute atomic E-state index is 0.198. The molecule has 1 saturated heterocycles. The number of likely N-dealkylation sites (tertiary alicyclic amines) is 1. The minimum atomic E-state index is 0.198. The van der Waals surface area contributed by atoms with Gasteiger partial charge < -0.3 is 10.1 Å². The molecule has 1 unspecified atom stereocenters. The van der Waals surface area contributed by atoms with Gasteiger partial charge in [-0.2, -0.15) is 0 Å². The van der Waals surface area contributed by atoms with Crippen molar-refractivity contribution in [3.8, 4) is 5.75 Å². The van der Waals surface area contributed by atoms with Gasteiger partial charge in [-0.15, -0.1) is 0 Å². The summed E-state index contributed by atoms with van der Waals surface area (Å²) in [5.74, 6) is 1.15. The summed E-state index contributed by atoms with van der Waals surface area (Å²) in [6, 6.07) is 9.07. The van der Waals surface area contributed by atoms with Gasteiger partial charge in [-0.3, -0.25) is 9.69 Å². The SMILES string of the molecule is COc1ccccc1CC1CCCN1CC(=O)NC1CCCC1. The number of rotatable bonds is 6. The van der Waals surface area contributed by atoms with Crippen molar-refractivity contribution in [1.82, 2.24) is 10.2 Å². The number of ether oxygens (including phenoxy) is 1. The maximum absolute atomic E-state index is 12.3. The topological polar surface area (TPSA) is 41.6 Å². The van der Waals surface area contributed by atoms with Crippen LogP contribution < -0.4 is 10.1 Å². The molecule has 3 rings (SSSR count). The molecule has 4 heteroatoms. The number of nitrogens with zero attached hydrogens (tertiary/aromatic N) is 1. The van der Waals surface area contributed by atoms with Crippen molar-refractivity contribution >= 4 is 5.91 Å². The monoisotopic (exact) mass is 316 g/mol. The fraction of sp³-hybridized carbons (Fsp3) is 0.632. The van der Waals surface area contributed by atoms with Gasteiger partial charge in [0.2, 0.25) is 5.91 Å². The average molecular weight is 316 g/mol. The molecule has 1 aromatic carbocycles. The third-order valence-corrected chi connectivity index (χ3v) is 5.21. The van der Waals surface area contributed by atoms with Gasteiger partial charge in [-0.25, -0.2) is 0 Å². The second kappa shape index (κ2) is 7.82. The van der Waals surface area contributed by atoms with Crippen LogP contribution in [0.15, 0.2) is 24.3 Å². The number of benzene rings is 1. The van der Waals surface area contributed by atoms with Crippen LogP contribution in [0.5, 0.6) is 5.75 Å². The van der Waals surface area contributed by atoms with E-state index in [2.05, 4.69) is 22.3 Å². The van der Waals surface area contributed by atoms with Gasteiger partial charge in [0.15, 0.2) is 0 Å². The molecule has 1 N–H and O–H groups in total. The van der Waals surface area contributed by atoms with E-state index < -0.39 is 0 Å². The molecule has 0 spiro atoms. The number of hydrogen-bond donors (Lipinski definition) is 1. The smallest absolute Gasteiger partial charge is 0.234 e. The summed E-state index contributed by atoms with van der Waals surface area (Å²) in [5, 5.41) is 3.21. The van der Waals surface area contributed by atoms with Gasteiger partial charge in [0, 0.05) is 12.1 Å². The molecule has 1 atom stereocenters. The third kappa shape index (κ3) is 4.25. The number of carbonyl (C=O) groups is 1. The highest BCUT2D eigenvalue weighted by Gasteiger charge is 2.28. The van der Waals surface area contributed by atoms with Crippen LogP contribution in [0.25, 0.3) is 0 Å². The van der Waals surface area contributed by atoms with Crippen molar-refractivity contribution in [2.45, 2.75) is 57.0 Å². The predicted octanol–water partition coefficient (Wildman–Crippen LogP) is 2.76. The fourth-order valence-corrected chi connectivity index (χ4v) is 3.99. The molecule has 0 bridgehead atoms. The van der Waals surface area contributed by atoms with Crippen LogP contribution in [0.1, 0.15) is 44.1 Å². The number of hydrogen-bond acceptors (Lipinski definition) is 3. The van der Waals surface area contributed by atoms with Crippen LogP contribution in [-0.4, -0.2) is 43.1 Å². The molecule has 2 fully saturated rings. The highest BCUT2D eigenvalue weighted by atomic mass is 16.5. The number of carbonyl (C=O) groups excluding carboxylic acids is 1. The molecule has 2 aliphatic rings. The van der Waals surface area contributed by atoms with Crippen LogP contribution in [-0.2, 0) is 11.2 Å². The maximum atomic E-state index is 12.3. The van der Waals surface area contributed by atoms with Crippen LogP contribution in [0.2, 0.25) is 0 Å². The van der Waals surface area contributed by atoms with E-state index >= 15 is 0 Å². The Morgan fingerprint density at radius 3 is 2.78 bits per heavy atom. The van der Waals surface area contributed by atoms with Gasteiger partial charge in [0.25, 0.3) is 0 Å². The number of nitrogens with one attached hydrogen (secondary N) is 1. The summed E-state index contributed by atoms with van der Waals surface area (Å²) < 4.78 is 5.46. The Kier molecular flexibility index (Phi) is 5.55. The molecule has 1 heterocycles. The van der Waals surface area contributed by atoms with E-state index in [0.717, 1.165) is 38.0 Å². The highest BCUT2D eigenvalue weighted by molar-refractivity contribution is 5.78. The van der Waals surface area contributed by atoms with Gasteiger partial charge in [0.1, 0.15) is 5.75 Å². The Balaban J connectivity index is 1.55. The first kappa shape index (κ1) is 16.3. The van der Waals surface area contributed by atoms with E-state index in [1.807, 2.05) is 12.1 Å². The summed E-state index contributed by atoms with van der Waals surface area (Å²) in [4.78, 5) is 14.6. The maximum Gasteiger partial charge on any atom is 0.234 e. The molecule has 0 aromatic heterocycles. The van der Waals surface area contributed by atoms with E-state index in [4.69, 9.17) is 4.74 Å². The second-order valence-electron chi connectivity index (χ2n) is 6.83. The molecule has 1 aliphatic carbocycles. The zero-order chi connectivity index (χ0) is 16.1. The number of para-hydroxylation sites is 1. The molecule has 1 amide bonds. The standard InChI is InChI=1S/C19H28N2O2/c1-23-18-11-5-2-7-15(18)13-17-10-6-12-21(17)14-19(22)20-16-8-3-4-9-16/h2,5,7,11,16-17H,3-4,6,8-10,12-14H2,1H3,(H,20,22). The minimum Gasteiger partial charge on any atom is -0.496 e. The Morgan fingerprint density at radius 1 is 1.22 bits per heavy atom. The molecule has 1 aliphatic heterocycles. The van der Waals surface area contributed by atoms with Crippen molar-refractivity contribution in [1.29, 1.82) is 0 Å². The Labute approximate surface area is 139 Å². The number of amides is 1. The second-order valence-corrected chi connectivity index (χ2v) is 6.83. The lowest BCUT2D eigenvalue weighted by Gasteiger charge is -2.25.